The summed E-state index contributed by atoms with van der Waals surface area (Å²) in [5.74, 6) is -0.548. The number of rotatable bonds is 4. The van der Waals surface area contributed by atoms with Crippen molar-refractivity contribution in [3.63, 3.8) is 0 Å². The van der Waals surface area contributed by atoms with Gasteiger partial charge in [-0.05, 0) is 31.2 Å². The Labute approximate surface area is 135 Å². The van der Waals surface area contributed by atoms with Gasteiger partial charge in [0.1, 0.15) is 11.9 Å². The maximum absolute atomic E-state index is 12.3. The van der Waals surface area contributed by atoms with Crippen LogP contribution in [0.5, 0.6) is 0 Å². The third-order valence-electron chi connectivity index (χ3n) is 3.11. The van der Waals surface area contributed by atoms with E-state index >= 15 is 0 Å². The number of benzene rings is 1. The summed E-state index contributed by atoms with van der Waals surface area (Å²) >= 11 is 5.86. The average molecular weight is 334 g/mol. The number of fused-ring (bicyclic) bond motifs is 1. The second kappa shape index (κ2) is 6.17. The Kier molecular flexibility index (Phi) is 4.07. The molecular weight excluding hydrogens is 322 g/mol. The van der Waals surface area contributed by atoms with Gasteiger partial charge in [0, 0.05) is 5.02 Å². The zero-order valence-corrected chi connectivity index (χ0v) is 12.9. The minimum atomic E-state index is -0.548. The van der Waals surface area contributed by atoms with Crippen LogP contribution in [-0.4, -0.2) is 37.4 Å². The van der Waals surface area contributed by atoms with E-state index in [2.05, 4.69) is 15.4 Å². The van der Waals surface area contributed by atoms with Gasteiger partial charge in [0.15, 0.2) is 5.65 Å². The summed E-state index contributed by atoms with van der Waals surface area (Å²) in [7, 11) is 0. The summed E-state index contributed by atoms with van der Waals surface area (Å²) in [6.07, 6.45) is 1.39. The Morgan fingerprint density at radius 2 is 2.04 bits per heavy atom. The number of nitrogens with zero attached hydrogens (tertiary/aromatic N) is 5. The van der Waals surface area contributed by atoms with Gasteiger partial charge < -0.3 is 4.74 Å². The molecule has 0 saturated heterocycles. The minimum absolute atomic E-state index is 0.234. The van der Waals surface area contributed by atoms with Crippen molar-refractivity contribution in [1.82, 2.24) is 24.8 Å². The third-order valence-corrected chi connectivity index (χ3v) is 3.36. The van der Waals surface area contributed by atoms with Gasteiger partial charge in [-0.2, -0.15) is 9.78 Å². The highest BCUT2D eigenvalue weighted by Gasteiger charge is 2.14. The summed E-state index contributed by atoms with van der Waals surface area (Å²) in [6, 6.07) is 6.92. The van der Waals surface area contributed by atoms with Gasteiger partial charge in [-0.3, -0.25) is 9.59 Å². The van der Waals surface area contributed by atoms with Crippen LogP contribution in [-0.2, 0) is 16.1 Å². The van der Waals surface area contributed by atoms with Crippen LogP contribution < -0.4 is 5.56 Å². The summed E-state index contributed by atoms with van der Waals surface area (Å²) in [5, 5.41) is 12.8. The van der Waals surface area contributed by atoms with E-state index < -0.39 is 11.5 Å². The third kappa shape index (κ3) is 2.93. The maximum Gasteiger partial charge on any atom is 0.327 e. The zero-order chi connectivity index (χ0) is 16.4. The van der Waals surface area contributed by atoms with Gasteiger partial charge in [0.05, 0.1) is 18.5 Å². The molecule has 0 aliphatic heterocycles. The number of carbonyl (C=O) groups is 1. The number of hydrogen-bond acceptors (Lipinski definition) is 6. The zero-order valence-electron chi connectivity index (χ0n) is 12.1. The summed E-state index contributed by atoms with van der Waals surface area (Å²) < 4.78 is 7.23. The quantitative estimate of drug-likeness (QED) is 0.666. The molecule has 0 bridgehead atoms. The maximum atomic E-state index is 12.3. The number of ether oxygens (including phenoxy) is 1. The fraction of sp³-hybridized carbons (Fsp3) is 0.214. The van der Waals surface area contributed by atoms with Crippen LogP contribution >= 0.6 is 11.6 Å². The molecule has 2 heterocycles. The standard InChI is InChI=1S/C14H12ClN5O3/c1-2-23-12(21)8-19-14(22)11-7-16-20(13(11)17-18-19)10-5-3-9(15)4-6-10/h3-7H,2,8H2,1H3. The van der Waals surface area contributed by atoms with E-state index in [0.717, 1.165) is 4.68 Å². The number of carbonyl (C=O) groups excluding carboxylic acids is 1. The van der Waals surface area contributed by atoms with Crippen molar-refractivity contribution < 1.29 is 9.53 Å². The number of aromatic nitrogens is 5. The lowest BCUT2D eigenvalue weighted by Crippen LogP contribution is -2.28. The molecule has 8 nitrogen and oxygen atoms in total. The topological polar surface area (TPSA) is 91.9 Å². The fourth-order valence-corrected chi connectivity index (χ4v) is 2.19. The first kappa shape index (κ1) is 15.2. The molecule has 2 aromatic heterocycles. The Bertz CT molecular complexity index is 916. The molecule has 118 valence electrons. The molecule has 23 heavy (non-hydrogen) atoms. The normalized spacial score (nSPS) is 10.9. The van der Waals surface area contributed by atoms with Gasteiger partial charge in [-0.1, -0.05) is 16.8 Å². The lowest BCUT2D eigenvalue weighted by molar-refractivity contribution is -0.144. The van der Waals surface area contributed by atoms with E-state index in [4.69, 9.17) is 16.3 Å². The van der Waals surface area contributed by atoms with Gasteiger partial charge >= 0.3 is 5.97 Å². The monoisotopic (exact) mass is 333 g/mol. The molecule has 3 rings (SSSR count). The van der Waals surface area contributed by atoms with E-state index in [1.807, 2.05) is 0 Å². The molecule has 0 aliphatic rings. The van der Waals surface area contributed by atoms with Crippen LogP contribution in [0, 0.1) is 0 Å². The highest BCUT2D eigenvalue weighted by Crippen LogP contribution is 2.16. The second-order valence-electron chi connectivity index (χ2n) is 4.63. The minimum Gasteiger partial charge on any atom is -0.465 e. The highest BCUT2D eigenvalue weighted by molar-refractivity contribution is 6.30. The molecule has 0 fully saturated rings. The molecule has 3 aromatic rings. The molecule has 0 aliphatic carbocycles. The first-order valence-electron chi connectivity index (χ1n) is 6.83. The van der Waals surface area contributed by atoms with Crippen LogP contribution in [0.4, 0.5) is 0 Å². The largest absolute Gasteiger partial charge is 0.465 e. The molecule has 0 saturated carbocycles. The fourth-order valence-electron chi connectivity index (χ4n) is 2.07. The number of hydrogen-bond donors (Lipinski definition) is 0. The summed E-state index contributed by atoms with van der Waals surface area (Å²) in [5.41, 5.74) is 0.543. The Hall–Kier alpha value is -2.74. The van der Waals surface area contributed by atoms with Crippen molar-refractivity contribution in [1.29, 1.82) is 0 Å². The van der Waals surface area contributed by atoms with Crippen molar-refractivity contribution in [2.75, 3.05) is 6.61 Å². The molecule has 0 unspecified atom stereocenters. The summed E-state index contributed by atoms with van der Waals surface area (Å²) in [4.78, 5) is 23.8. The second-order valence-corrected chi connectivity index (χ2v) is 5.06. The van der Waals surface area contributed by atoms with E-state index in [1.165, 1.54) is 10.9 Å². The summed E-state index contributed by atoms with van der Waals surface area (Å²) in [6.45, 7) is 1.63. The predicted octanol–water partition coefficient (Wildman–Crippen LogP) is 1.19. The lowest BCUT2D eigenvalue weighted by atomic mass is 10.3. The van der Waals surface area contributed by atoms with Crippen molar-refractivity contribution in [3.05, 3.63) is 45.8 Å². The first-order valence-corrected chi connectivity index (χ1v) is 7.21. The van der Waals surface area contributed by atoms with E-state index in [-0.39, 0.29) is 18.5 Å². The smallest absolute Gasteiger partial charge is 0.327 e. The van der Waals surface area contributed by atoms with Crippen LogP contribution in [0.25, 0.3) is 16.7 Å². The molecule has 0 atom stereocenters. The lowest BCUT2D eigenvalue weighted by Gasteiger charge is -2.04. The molecule has 9 heteroatoms. The SMILES string of the molecule is CCOC(=O)Cn1nnc2c(cnn2-c2ccc(Cl)cc2)c1=O. The molecule has 0 spiro atoms. The number of esters is 1. The van der Waals surface area contributed by atoms with Crippen molar-refractivity contribution in [2.45, 2.75) is 13.5 Å². The van der Waals surface area contributed by atoms with Crippen molar-refractivity contribution in [3.8, 4) is 5.69 Å². The number of halogens is 1. The Morgan fingerprint density at radius 1 is 1.30 bits per heavy atom. The van der Waals surface area contributed by atoms with Crippen molar-refractivity contribution in [2.24, 2.45) is 0 Å². The molecule has 0 radical (unpaired) electrons. The van der Waals surface area contributed by atoms with Gasteiger partial charge in [-0.15, -0.1) is 5.10 Å². The molecular formula is C14H12ClN5O3. The predicted molar refractivity (Wildman–Crippen MR) is 82.6 cm³/mol. The van der Waals surface area contributed by atoms with Crippen LogP contribution in [0.2, 0.25) is 5.02 Å². The van der Waals surface area contributed by atoms with Crippen LogP contribution in [0.3, 0.4) is 0 Å². The van der Waals surface area contributed by atoms with E-state index in [0.29, 0.717) is 16.4 Å². The van der Waals surface area contributed by atoms with E-state index in [1.54, 1.807) is 31.2 Å². The van der Waals surface area contributed by atoms with Gasteiger partial charge in [0.25, 0.3) is 5.56 Å². The van der Waals surface area contributed by atoms with Gasteiger partial charge in [0.2, 0.25) is 0 Å². The van der Waals surface area contributed by atoms with Gasteiger partial charge in [-0.25, -0.2) is 4.68 Å². The molecule has 0 N–H and O–H groups in total. The van der Waals surface area contributed by atoms with Crippen LogP contribution in [0.15, 0.2) is 35.3 Å². The molecule has 1 aromatic carbocycles. The Morgan fingerprint density at radius 3 is 2.74 bits per heavy atom. The van der Waals surface area contributed by atoms with E-state index in [9.17, 15) is 9.59 Å². The van der Waals surface area contributed by atoms with Crippen molar-refractivity contribution >= 4 is 28.6 Å². The van der Waals surface area contributed by atoms with Crippen LogP contribution in [0.1, 0.15) is 6.92 Å². The first-order chi connectivity index (χ1) is 11.1. The molecule has 0 amide bonds. The Balaban J connectivity index is 2.02. The average Bonchev–Trinajstić information content (AvgIpc) is 2.96. The highest BCUT2D eigenvalue weighted by atomic mass is 35.5.